The Balaban J connectivity index is 1.35. The highest BCUT2D eigenvalue weighted by Crippen LogP contribution is 2.31. The van der Waals surface area contributed by atoms with E-state index >= 15 is 0 Å². The van der Waals surface area contributed by atoms with E-state index in [0.717, 1.165) is 25.7 Å². The molecule has 2 rings (SSSR count). The Kier molecular flexibility index (Phi) is 16.2. The number of carbonyl (C=O) groups excluding carboxylic acids is 1. The normalized spacial score (nSPS) is 25.3. The number of hydrogen-bond acceptors (Lipinski definition) is 5. The van der Waals surface area contributed by atoms with E-state index < -0.39 is 0 Å². The highest BCUT2D eigenvalue weighted by atomic mass is 16.7. The second kappa shape index (κ2) is 18.6. The van der Waals surface area contributed by atoms with Crippen LogP contribution in [-0.4, -0.2) is 43.8 Å². The van der Waals surface area contributed by atoms with Crippen LogP contribution in [0, 0.1) is 5.92 Å². The van der Waals surface area contributed by atoms with Crippen molar-refractivity contribution in [1.82, 2.24) is 0 Å². The van der Waals surface area contributed by atoms with E-state index in [1.807, 2.05) is 0 Å². The Hall–Kier alpha value is -0.650. The summed E-state index contributed by atoms with van der Waals surface area (Å²) in [5.74, 6) is 0.334. The van der Waals surface area contributed by atoms with Gasteiger partial charge in [-0.05, 0) is 32.1 Å². The number of unbranched alkanes of at least 4 members (excludes halogenated alkanes) is 10. The summed E-state index contributed by atoms with van der Waals surface area (Å²) in [4.78, 5) is 12.1. The van der Waals surface area contributed by atoms with Gasteiger partial charge < -0.3 is 18.9 Å². The summed E-state index contributed by atoms with van der Waals surface area (Å²) in [7, 11) is 0. The molecule has 2 aliphatic heterocycles. The van der Waals surface area contributed by atoms with Crippen molar-refractivity contribution in [3.63, 3.8) is 0 Å². The van der Waals surface area contributed by atoms with Crippen molar-refractivity contribution >= 4 is 5.97 Å². The van der Waals surface area contributed by atoms with E-state index in [0.29, 0.717) is 37.8 Å². The number of ether oxygens (including phenoxy) is 4. The van der Waals surface area contributed by atoms with Crippen molar-refractivity contribution in [3.05, 3.63) is 0 Å². The van der Waals surface area contributed by atoms with Gasteiger partial charge in [0.25, 0.3) is 0 Å². The summed E-state index contributed by atoms with van der Waals surface area (Å²) >= 11 is 0. The molecule has 200 valence electrons. The van der Waals surface area contributed by atoms with Gasteiger partial charge >= 0.3 is 5.97 Å². The maximum absolute atomic E-state index is 12.1. The second-order valence-electron chi connectivity index (χ2n) is 10.5. The van der Waals surface area contributed by atoms with Crippen molar-refractivity contribution in [2.24, 2.45) is 5.92 Å². The van der Waals surface area contributed by atoms with E-state index in [1.165, 1.54) is 83.5 Å². The molecule has 0 aromatic carbocycles. The number of epoxide rings is 1. The fourth-order valence-electron chi connectivity index (χ4n) is 5.04. The molecule has 2 heterocycles. The minimum atomic E-state index is -0.250. The van der Waals surface area contributed by atoms with Crippen LogP contribution in [0.5, 0.6) is 0 Å². The maximum atomic E-state index is 12.1. The molecular formula is C29H54O5. The first-order valence-corrected chi connectivity index (χ1v) is 14.8. The van der Waals surface area contributed by atoms with Crippen LogP contribution in [0.15, 0.2) is 0 Å². The molecule has 0 N–H and O–H groups in total. The number of carbonyl (C=O) groups is 1. The van der Waals surface area contributed by atoms with Crippen LogP contribution < -0.4 is 0 Å². The third-order valence-corrected chi connectivity index (χ3v) is 7.43. The van der Waals surface area contributed by atoms with Gasteiger partial charge in [-0.25, -0.2) is 0 Å². The third kappa shape index (κ3) is 12.9. The fraction of sp³-hybridized carbons (Fsp3) is 0.966. The minimum absolute atomic E-state index is 0.107. The molecule has 0 bridgehead atoms. The van der Waals surface area contributed by atoms with E-state index in [4.69, 9.17) is 18.9 Å². The van der Waals surface area contributed by atoms with Crippen molar-refractivity contribution in [2.75, 3.05) is 13.2 Å². The number of hydrogen-bond donors (Lipinski definition) is 0. The van der Waals surface area contributed by atoms with Gasteiger partial charge in [0, 0.05) is 12.3 Å². The van der Waals surface area contributed by atoms with Crippen LogP contribution in [0.3, 0.4) is 0 Å². The molecule has 2 aliphatic rings. The molecular weight excluding hydrogens is 428 g/mol. The van der Waals surface area contributed by atoms with Gasteiger partial charge in [0.05, 0.1) is 25.4 Å². The van der Waals surface area contributed by atoms with Crippen molar-refractivity contribution in [2.45, 2.75) is 161 Å². The highest BCUT2D eigenvalue weighted by Gasteiger charge is 2.36. The molecule has 5 heteroatoms. The Morgan fingerprint density at radius 2 is 1.32 bits per heavy atom. The average molecular weight is 483 g/mol. The van der Waals surface area contributed by atoms with Gasteiger partial charge in [0.1, 0.15) is 6.10 Å². The molecule has 3 unspecified atom stereocenters. The lowest BCUT2D eigenvalue weighted by Crippen LogP contribution is -2.41. The molecule has 0 aromatic heterocycles. The molecule has 0 aromatic rings. The van der Waals surface area contributed by atoms with E-state index in [2.05, 4.69) is 20.8 Å². The summed E-state index contributed by atoms with van der Waals surface area (Å²) in [6.07, 6.45) is 22.2. The first kappa shape index (κ1) is 29.6. The number of rotatable bonds is 21. The zero-order valence-corrected chi connectivity index (χ0v) is 22.6. The first-order chi connectivity index (χ1) is 16.7. The molecule has 0 radical (unpaired) electrons. The Morgan fingerprint density at radius 1 is 0.765 bits per heavy atom. The van der Waals surface area contributed by atoms with E-state index in [-0.39, 0.29) is 18.4 Å². The zero-order chi connectivity index (χ0) is 24.4. The van der Waals surface area contributed by atoms with Gasteiger partial charge in [-0.3, -0.25) is 4.79 Å². The standard InChI is InChI=1S/C29H54O5/c1-4-7-15-19-26-27(34-26)20-16-13-11-9-10-12-14-17-21-28(30)33-25-22-31-29(32-23-25)24(6-3)18-8-5-2/h24-27,29H,4-23H2,1-3H3. The lowest BCUT2D eigenvalue weighted by Gasteiger charge is -2.33. The highest BCUT2D eigenvalue weighted by molar-refractivity contribution is 5.69. The van der Waals surface area contributed by atoms with Gasteiger partial charge in [-0.1, -0.05) is 97.8 Å². The van der Waals surface area contributed by atoms with Crippen LogP contribution in [0.1, 0.15) is 136 Å². The molecule has 0 aliphatic carbocycles. The van der Waals surface area contributed by atoms with Crippen molar-refractivity contribution in [1.29, 1.82) is 0 Å². The van der Waals surface area contributed by atoms with Gasteiger partial charge in [-0.2, -0.15) is 0 Å². The zero-order valence-electron chi connectivity index (χ0n) is 22.6. The lowest BCUT2D eigenvalue weighted by molar-refractivity contribution is -0.245. The molecule has 0 amide bonds. The van der Waals surface area contributed by atoms with Gasteiger partial charge in [0.15, 0.2) is 6.29 Å². The Bertz CT molecular complexity index is 503. The lowest BCUT2D eigenvalue weighted by atomic mass is 9.98. The van der Waals surface area contributed by atoms with E-state index in [1.54, 1.807) is 0 Å². The van der Waals surface area contributed by atoms with Gasteiger partial charge in [0.2, 0.25) is 0 Å². The second-order valence-corrected chi connectivity index (χ2v) is 10.5. The monoisotopic (exact) mass is 482 g/mol. The molecule has 3 atom stereocenters. The molecule has 2 fully saturated rings. The van der Waals surface area contributed by atoms with Crippen molar-refractivity contribution in [3.8, 4) is 0 Å². The number of esters is 1. The summed E-state index contributed by atoms with van der Waals surface area (Å²) in [5, 5.41) is 0. The van der Waals surface area contributed by atoms with Crippen LogP contribution in [-0.2, 0) is 23.7 Å². The summed E-state index contributed by atoms with van der Waals surface area (Å²) in [6.45, 7) is 7.58. The SMILES string of the molecule is CCCCCC1OC1CCCCCCCCCCC(=O)OC1COC(C(CC)CCCC)OC1. The van der Waals surface area contributed by atoms with Crippen LogP contribution in [0.25, 0.3) is 0 Å². The van der Waals surface area contributed by atoms with E-state index in [9.17, 15) is 4.79 Å². The van der Waals surface area contributed by atoms with Crippen LogP contribution in [0.4, 0.5) is 0 Å². The predicted molar refractivity (Wildman–Crippen MR) is 138 cm³/mol. The molecule has 0 saturated carbocycles. The molecule has 5 nitrogen and oxygen atoms in total. The fourth-order valence-corrected chi connectivity index (χ4v) is 5.04. The quantitative estimate of drug-likeness (QED) is 0.0951. The predicted octanol–water partition coefficient (Wildman–Crippen LogP) is 7.74. The Morgan fingerprint density at radius 3 is 1.91 bits per heavy atom. The summed E-state index contributed by atoms with van der Waals surface area (Å²) < 4.78 is 23.1. The largest absolute Gasteiger partial charge is 0.457 e. The average Bonchev–Trinajstić information content (AvgIpc) is 3.60. The maximum Gasteiger partial charge on any atom is 0.306 e. The minimum Gasteiger partial charge on any atom is -0.457 e. The van der Waals surface area contributed by atoms with Crippen LogP contribution >= 0.6 is 0 Å². The summed E-state index contributed by atoms with van der Waals surface area (Å²) in [5.41, 5.74) is 0. The third-order valence-electron chi connectivity index (χ3n) is 7.43. The van der Waals surface area contributed by atoms with Gasteiger partial charge in [-0.15, -0.1) is 0 Å². The molecule has 0 spiro atoms. The van der Waals surface area contributed by atoms with Crippen LogP contribution in [0.2, 0.25) is 0 Å². The smallest absolute Gasteiger partial charge is 0.306 e. The Labute approximate surface area is 210 Å². The molecule has 2 saturated heterocycles. The van der Waals surface area contributed by atoms with Crippen molar-refractivity contribution < 1.29 is 23.7 Å². The molecule has 34 heavy (non-hydrogen) atoms. The first-order valence-electron chi connectivity index (χ1n) is 14.8. The summed E-state index contributed by atoms with van der Waals surface area (Å²) in [6, 6.07) is 0. The topological polar surface area (TPSA) is 57.3 Å².